The zero-order valence-corrected chi connectivity index (χ0v) is 21.3. The average molecular weight is 525 g/mol. The van der Waals surface area contributed by atoms with Gasteiger partial charge in [-0.3, -0.25) is 14.4 Å². The van der Waals surface area contributed by atoms with Crippen LogP contribution in [0.1, 0.15) is 37.0 Å². The van der Waals surface area contributed by atoms with E-state index in [0.29, 0.717) is 25.3 Å². The van der Waals surface area contributed by atoms with E-state index in [1.807, 2.05) is 0 Å². The minimum atomic E-state index is -1.01. The lowest BCUT2D eigenvalue weighted by Gasteiger charge is -2.21. The summed E-state index contributed by atoms with van der Waals surface area (Å²) in [4.78, 5) is 59.8. The number of nitrogens with two attached hydrogens (primary N) is 2. The van der Waals surface area contributed by atoms with Crippen LogP contribution in [0.2, 0.25) is 0 Å². The molecule has 1 aromatic carbocycles. The standard InChI is InChI=1S/C23H36N6O8/c1-14(27-15(2)30)20(31)29-18(5-4-9-26-23(25)34)21(32)28-16-6-7-17(22(33)35-3)19(13-16)37-12-11-36-10-8-24/h6-7,13-14,18H,4-5,8-12,24H2,1-3H3,(H,27,30)(H,28,32)(H,29,31)(H3,25,26,34)/t14-,18-/m0/s1. The summed E-state index contributed by atoms with van der Waals surface area (Å²) >= 11 is 0. The molecule has 0 aliphatic rings. The van der Waals surface area contributed by atoms with Gasteiger partial charge in [-0.1, -0.05) is 0 Å². The van der Waals surface area contributed by atoms with Crippen LogP contribution >= 0.6 is 0 Å². The Bertz CT molecular complexity index is 942. The molecule has 0 aliphatic carbocycles. The number of anilines is 1. The van der Waals surface area contributed by atoms with Crippen LogP contribution < -0.4 is 37.5 Å². The first-order chi connectivity index (χ1) is 17.6. The molecule has 2 atom stereocenters. The first-order valence-electron chi connectivity index (χ1n) is 11.6. The molecule has 0 unspecified atom stereocenters. The second-order valence-corrected chi connectivity index (χ2v) is 7.86. The Labute approximate surface area is 215 Å². The first kappa shape index (κ1) is 31.1. The summed E-state index contributed by atoms with van der Waals surface area (Å²) in [6, 6.07) is 1.76. The highest BCUT2D eigenvalue weighted by Gasteiger charge is 2.24. The molecule has 0 radical (unpaired) electrons. The minimum absolute atomic E-state index is 0.119. The van der Waals surface area contributed by atoms with Gasteiger partial charge in [0.05, 0.1) is 20.3 Å². The molecule has 0 heterocycles. The molecule has 0 saturated carbocycles. The molecule has 0 aromatic heterocycles. The van der Waals surface area contributed by atoms with Crippen LogP contribution in [-0.4, -0.2) is 81.8 Å². The number of amides is 5. The quantitative estimate of drug-likeness (QED) is 0.118. The number of esters is 1. The van der Waals surface area contributed by atoms with E-state index in [4.69, 9.17) is 25.7 Å². The van der Waals surface area contributed by atoms with Gasteiger partial charge in [-0.2, -0.15) is 0 Å². The van der Waals surface area contributed by atoms with Crippen molar-refractivity contribution in [1.82, 2.24) is 16.0 Å². The van der Waals surface area contributed by atoms with E-state index in [1.165, 1.54) is 39.2 Å². The van der Waals surface area contributed by atoms with Gasteiger partial charge >= 0.3 is 12.0 Å². The molecule has 14 nitrogen and oxygen atoms in total. The Kier molecular flexibility index (Phi) is 14.1. The van der Waals surface area contributed by atoms with Crippen LogP contribution in [0.5, 0.6) is 5.75 Å². The lowest BCUT2D eigenvalue weighted by atomic mass is 10.1. The SMILES string of the molecule is COC(=O)c1ccc(NC(=O)[C@H](CCCNC(N)=O)NC(=O)[C@H](C)NC(C)=O)cc1OCCOCCN. The van der Waals surface area contributed by atoms with E-state index in [-0.39, 0.29) is 37.5 Å². The molecular weight excluding hydrogens is 488 g/mol. The predicted molar refractivity (Wildman–Crippen MR) is 134 cm³/mol. The third-order valence-electron chi connectivity index (χ3n) is 4.82. The third kappa shape index (κ3) is 12.1. The van der Waals surface area contributed by atoms with Crippen LogP contribution in [0.4, 0.5) is 10.5 Å². The minimum Gasteiger partial charge on any atom is -0.490 e. The van der Waals surface area contributed by atoms with Crippen molar-refractivity contribution in [3.05, 3.63) is 23.8 Å². The third-order valence-corrected chi connectivity index (χ3v) is 4.82. The fourth-order valence-corrected chi connectivity index (χ4v) is 3.08. The van der Waals surface area contributed by atoms with Gasteiger partial charge < -0.3 is 46.9 Å². The van der Waals surface area contributed by atoms with Crippen molar-refractivity contribution in [2.45, 2.75) is 38.8 Å². The topological polar surface area (TPSA) is 213 Å². The number of methoxy groups -OCH3 is 1. The van der Waals surface area contributed by atoms with Gasteiger partial charge in [0, 0.05) is 31.8 Å². The zero-order valence-electron chi connectivity index (χ0n) is 21.3. The van der Waals surface area contributed by atoms with Crippen molar-refractivity contribution in [1.29, 1.82) is 0 Å². The molecule has 5 amide bonds. The van der Waals surface area contributed by atoms with Gasteiger partial charge in [0.1, 0.15) is 30.0 Å². The number of carbonyl (C=O) groups is 5. The lowest BCUT2D eigenvalue weighted by Crippen LogP contribution is -2.51. The predicted octanol–water partition coefficient (Wildman–Crippen LogP) is -0.776. The van der Waals surface area contributed by atoms with Gasteiger partial charge in [0.2, 0.25) is 17.7 Å². The second-order valence-electron chi connectivity index (χ2n) is 7.86. The molecule has 0 fully saturated rings. The Morgan fingerprint density at radius 2 is 1.76 bits per heavy atom. The van der Waals surface area contributed by atoms with Crippen molar-refractivity contribution in [2.75, 3.05) is 45.3 Å². The monoisotopic (exact) mass is 524 g/mol. The molecule has 37 heavy (non-hydrogen) atoms. The van der Waals surface area contributed by atoms with Crippen molar-refractivity contribution in [2.24, 2.45) is 11.5 Å². The first-order valence-corrected chi connectivity index (χ1v) is 11.6. The summed E-state index contributed by atoms with van der Waals surface area (Å²) in [7, 11) is 1.23. The molecule has 8 N–H and O–H groups in total. The van der Waals surface area contributed by atoms with Gasteiger partial charge in [-0.05, 0) is 31.9 Å². The molecule has 0 bridgehead atoms. The average Bonchev–Trinajstić information content (AvgIpc) is 2.84. The maximum atomic E-state index is 13.1. The highest BCUT2D eigenvalue weighted by atomic mass is 16.5. The molecule has 1 aromatic rings. The van der Waals surface area contributed by atoms with E-state index in [0.717, 1.165) is 0 Å². The Balaban J connectivity index is 3.00. The summed E-state index contributed by atoms with van der Waals surface area (Å²) < 4.78 is 15.7. The second kappa shape index (κ2) is 16.7. The molecule has 1 rings (SSSR count). The number of ether oxygens (including phenoxy) is 3. The van der Waals surface area contributed by atoms with Gasteiger partial charge in [-0.25, -0.2) is 9.59 Å². The number of urea groups is 1. The molecule has 0 aliphatic heterocycles. The van der Waals surface area contributed by atoms with Crippen LogP contribution in [0.25, 0.3) is 0 Å². The summed E-state index contributed by atoms with van der Waals surface area (Å²) in [5.41, 5.74) is 10.9. The van der Waals surface area contributed by atoms with Crippen LogP contribution in [0.15, 0.2) is 18.2 Å². The summed E-state index contributed by atoms with van der Waals surface area (Å²) in [5.74, 6) is -2.01. The fourth-order valence-electron chi connectivity index (χ4n) is 3.08. The maximum absolute atomic E-state index is 13.1. The van der Waals surface area contributed by atoms with Gasteiger partial charge in [0.15, 0.2) is 0 Å². The molecule has 14 heteroatoms. The maximum Gasteiger partial charge on any atom is 0.341 e. The van der Waals surface area contributed by atoms with Crippen molar-refractivity contribution < 1.29 is 38.2 Å². The number of nitrogens with one attached hydrogen (secondary N) is 4. The molecule has 206 valence electrons. The lowest BCUT2D eigenvalue weighted by molar-refractivity contribution is -0.130. The van der Waals surface area contributed by atoms with Crippen molar-refractivity contribution >= 4 is 35.4 Å². The van der Waals surface area contributed by atoms with E-state index in [2.05, 4.69) is 21.3 Å². The van der Waals surface area contributed by atoms with Crippen LogP contribution in [-0.2, 0) is 23.9 Å². The normalized spacial score (nSPS) is 12.0. The number of carbonyl (C=O) groups excluding carboxylic acids is 5. The Hall–Kier alpha value is -3.91. The summed E-state index contributed by atoms with van der Waals surface area (Å²) in [6.07, 6.45) is 0.487. The molecular formula is C23H36N6O8. The highest BCUT2D eigenvalue weighted by molar-refractivity contribution is 5.99. The molecule has 0 spiro atoms. The van der Waals surface area contributed by atoms with Gasteiger partial charge in [0.25, 0.3) is 0 Å². The smallest absolute Gasteiger partial charge is 0.341 e. The van der Waals surface area contributed by atoms with Crippen LogP contribution in [0, 0.1) is 0 Å². The number of benzene rings is 1. The van der Waals surface area contributed by atoms with Crippen LogP contribution in [0.3, 0.4) is 0 Å². The number of hydrogen-bond donors (Lipinski definition) is 6. The van der Waals surface area contributed by atoms with Crippen molar-refractivity contribution in [3.8, 4) is 5.75 Å². The Morgan fingerprint density at radius 3 is 2.38 bits per heavy atom. The number of hydrogen-bond acceptors (Lipinski definition) is 9. The number of primary amides is 1. The highest BCUT2D eigenvalue weighted by Crippen LogP contribution is 2.24. The number of rotatable bonds is 16. The zero-order chi connectivity index (χ0) is 27.8. The summed E-state index contributed by atoms with van der Waals surface area (Å²) in [5, 5.41) is 10.1. The fraction of sp³-hybridized carbons (Fsp3) is 0.522. The molecule has 0 saturated heterocycles. The van der Waals surface area contributed by atoms with E-state index in [1.54, 1.807) is 0 Å². The van der Waals surface area contributed by atoms with Gasteiger partial charge in [-0.15, -0.1) is 0 Å². The summed E-state index contributed by atoms with van der Waals surface area (Å²) in [6.45, 7) is 4.00. The van der Waals surface area contributed by atoms with E-state index in [9.17, 15) is 24.0 Å². The van der Waals surface area contributed by atoms with Crippen molar-refractivity contribution in [3.63, 3.8) is 0 Å². The van der Waals surface area contributed by atoms with E-state index >= 15 is 0 Å². The Morgan fingerprint density at radius 1 is 1.03 bits per heavy atom. The largest absolute Gasteiger partial charge is 0.490 e. The van der Waals surface area contributed by atoms with E-state index < -0.39 is 41.8 Å².